The Morgan fingerprint density at radius 3 is 2.58 bits per heavy atom. The lowest BCUT2D eigenvalue weighted by Crippen LogP contribution is -2.22. The molecule has 1 saturated carbocycles. The van der Waals surface area contributed by atoms with Crippen LogP contribution in [0.2, 0.25) is 5.02 Å². The number of alkyl halides is 3. The fraction of sp³-hybridized carbons (Fsp3) is 0.538. The van der Waals surface area contributed by atoms with Gasteiger partial charge < -0.3 is 4.90 Å². The summed E-state index contributed by atoms with van der Waals surface area (Å²) in [6.45, 7) is 1.82. The number of benzene rings is 1. The third-order valence-electron chi connectivity index (χ3n) is 4.16. The van der Waals surface area contributed by atoms with E-state index in [0.717, 1.165) is 25.1 Å². The molecule has 2 aliphatic rings. The van der Waals surface area contributed by atoms with Crippen molar-refractivity contribution in [2.45, 2.75) is 18.0 Å². The molecule has 0 radical (unpaired) electrons. The van der Waals surface area contributed by atoms with Gasteiger partial charge in [0.15, 0.2) is 0 Å². The molecule has 2 fully saturated rings. The summed E-state index contributed by atoms with van der Waals surface area (Å²) in [5.74, 6) is 0.504. The molecule has 0 aromatic heterocycles. The molecule has 0 spiro atoms. The normalized spacial score (nSPS) is 29.8. The number of nitrogens with zero attached hydrogens (tertiary/aromatic N) is 1. The van der Waals surface area contributed by atoms with Crippen molar-refractivity contribution in [1.29, 1.82) is 0 Å². The van der Waals surface area contributed by atoms with Gasteiger partial charge in [0.25, 0.3) is 0 Å². The molecule has 1 aromatic rings. The SMILES string of the molecule is CN1C[C@@H]2C[C@]2(c2ccc(Cl)c(C(F)(F)F)c2)C1.Cl. The Bertz CT molecular complexity index is 503. The number of hydrogen-bond acceptors (Lipinski definition) is 1. The van der Waals surface area contributed by atoms with Crippen LogP contribution in [0.5, 0.6) is 0 Å². The first-order valence-corrected chi connectivity index (χ1v) is 6.26. The molecule has 1 heterocycles. The zero-order valence-corrected chi connectivity index (χ0v) is 11.9. The summed E-state index contributed by atoms with van der Waals surface area (Å²) in [5.41, 5.74) is 0.0177. The van der Waals surface area contributed by atoms with Gasteiger partial charge in [0.05, 0.1) is 10.6 Å². The minimum atomic E-state index is -4.38. The first-order chi connectivity index (χ1) is 8.33. The molecular weight excluding hydrogens is 298 g/mol. The molecule has 1 aliphatic heterocycles. The number of halogens is 5. The van der Waals surface area contributed by atoms with E-state index < -0.39 is 11.7 Å². The fourth-order valence-electron chi connectivity index (χ4n) is 3.23. The molecule has 0 N–H and O–H groups in total. The molecule has 19 heavy (non-hydrogen) atoms. The van der Waals surface area contributed by atoms with Crippen molar-refractivity contribution in [3.63, 3.8) is 0 Å². The minimum absolute atomic E-state index is 0. The summed E-state index contributed by atoms with van der Waals surface area (Å²) in [6.07, 6.45) is -3.38. The smallest absolute Gasteiger partial charge is 0.305 e. The van der Waals surface area contributed by atoms with Crippen LogP contribution in [0.1, 0.15) is 17.5 Å². The monoisotopic (exact) mass is 311 g/mol. The lowest BCUT2D eigenvalue weighted by molar-refractivity contribution is -0.137. The topological polar surface area (TPSA) is 3.24 Å². The van der Waals surface area contributed by atoms with Crippen molar-refractivity contribution in [3.05, 3.63) is 34.3 Å². The van der Waals surface area contributed by atoms with Crippen LogP contribution in [0.25, 0.3) is 0 Å². The quantitative estimate of drug-likeness (QED) is 0.758. The number of hydrogen-bond donors (Lipinski definition) is 0. The predicted molar refractivity (Wildman–Crippen MR) is 71.0 cm³/mol. The molecule has 0 amide bonds. The van der Waals surface area contributed by atoms with E-state index >= 15 is 0 Å². The zero-order chi connectivity index (χ0) is 13.1. The molecule has 0 unspecified atom stereocenters. The molecule has 1 aromatic carbocycles. The number of likely N-dealkylation sites (tertiary alicyclic amines) is 1. The van der Waals surface area contributed by atoms with E-state index in [2.05, 4.69) is 4.90 Å². The number of likely N-dealkylation sites (N-methyl/N-ethyl adjacent to an activating group) is 1. The second-order valence-corrected chi connectivity index (χ2v) is 5.85. The highest BCUT2D eigenvalue weighted by Crippen LogP contribution is 2.59. The van der Waals surface area contributed by atoms with E-state index in [9.17, 15) is 13.2 Å². The van der Waals surface area contributed by atoms with Crippen LogP contribution < -0.4 is 0 Å². The summed E-state index contributed by atoms with van der Waals surface area (Å²) in [4.78, 5) is 2.18. The van der Waals surface area contributed by atoms with Gasteiger partial charge in [-0.05, 0) is 37.1 Å². The molecule has 106 valence electrons. The molecule has 1 saturated heterocycles. The number of fused-ring (bicyclic) bond motifs is 1. The number of rotatable bonds is 1. The standard InChI is InChI=1S/C13H13ClF3N.ClH/c1-18-6-9-5-12(9,7-18)8-2-3-11(14)10(4-8)13(15,16)17;/h2-4,9H,5-7H2,1H3;1H/t9-,12+;/m0./s1. The third kappa shape index (κ3) is 2.34. The Balaban J connectivity index is 0.00000133. The van der Waals surface area contributed by atoms with Crippen LogP contribution in [0.3, 0.4) is 0 Å². The van der Waals surface area contributed by atoms with Crippen molar-refractivity contribution in [1.82, 2.24) is 4.90 Å². The van der Waals surface area contributed by atoms with Crippen molar-refractivity contribution in [2.24, 2.45) is 5.92 Å². The van der Waals surface area contributed by atoms with Crippen molar-refractivity contribution in [2.75, 3.05) is 20.1 Å². The predicted octanol–water partition coefficient (Wildman–Crippen LogP) is 3.98. The summed E-state index contributed by atoms with van der Waals surface area (Å²) in [7, 11) is 2.01. The Labute approximate surface area is 121 Å². The van der Waals surface area contributed by atoms with E-state index in [1.165, 1.54) is 12.1 Å². The van der Waals surface area contributed by atoms with Crippen LogP contribution >= 0.6 is 24.0 Å². The van der Waals surface area contributed by atoms with E-state index in [0.29, 0.717) is 5.92 Å². The van der Waals surface area contributed by atoms with E-state index in [1.807, 2.05) is 7.05 Å². The van der Waals surface area contributed by atoms with Crippen LogP contribution in [-0.4, -0.2) is 25.0 Å². The molecule has 1 nitrogen and oxygen atoms in total. The van der Waals surface area contributed by atoms with Crippen molar-refractivity contribution < 1.29 is 13.2 Å². The maximum absolute atomic E-state index is 12.8. The molecule has 3 rings (SSSR count). The van der Waals surface area contributed by atoms with Gasteiger partial charge in [-0.2, -0.15) is 13.2 Å². The van der Waals surface area contributed by atoms with Crippen LogP contribution in [0.4, 0.5) is 13.2 Å². The summed E-state index contributed by atoms with van der Waals surface area (Å²) in [6, 6.07) is 4.36. The summed E-state index contributed by atoms with van der Waals surface area (Å²) >= 11 is 5.64. The van der Waals surface area contributed by atoms with E-state index in [1.54, 1.807) is 6.07 Å². The average Bonchev–Trinajstić information content (AvgIpc) is 2.81. The number of piperidine rings is 1. The molecule has 0 bridgehead atoms. The Hall–Kier alpha value is -0.450. The van der Waals surface area contributed by atoms with Gasteiger partial charge in [-0.25, -0.2) is 0 Å². The highest BCUT2D eigenvalue weighted by molar-refractivity contribution is 6.31. The van der Waals surface area contributed by atoms with Crippen molar-refractivity contribution >= 4 is 24.0 Å². The maximum Gasteiger partial charge on any atom is 0.417 e. The first kappa shape index (κ1) is 14.9. The zero-order valence-electron chi connectivity index (χ0n) is 10.3. The lowest BCUT2D eigenvalue weighted by atomic mass is 9.93. The summed E-state index contributed by atoms with van der Waals surface area (Å²) < 4.78 is 38.5. The lowest BCUT2D eigenvalue weighted by Gasteiger charge is -2.18. The second-order valence-electron chi connectivity index (χ2n) is 5.45. The van der Waals surface area contributed by atoms with Crippen LogP contribution in [0, 0.1) is 5.92 Å². The largest absolute Gasteiger partial charge is 0.417 e. The Morgan fingerprint density at radius 1 is 1.37 bits per heavy atom. The fourth-order valence-corrected chi connectivity index (χ4v) is 3.46. The van der Waals surface area contributed by atoms with Gasteiger partial charge in [0, 0.05) is 18.5 Å². The van der Waals surface area contributed by atoms with Crippen LogP contribution in [0.15, 0.2) is 18.2 Å². The van der Waals surface area contributed by atoms with E-state index in [4.69, 9.17) is 11.6 Å². The third-order valence-corrected chi connectivity index (χ3v) is 4.49. The molecule has 6 heteroatoms. The molecular formula is C13H14Cl2F3N. The highest BCUT2D eigenvalue weighted by Gasteiger charge is 2.60. The maximum atomic E-state index is 12.8. The van der Waals surface area contributed by atoms with Gasteiger partial charge in [-0.1, -0.05) is 17.7 Å². The molecule has 1 aliphatic carbocycles. The van der Waals surface area contributed by atoms with Crippen LogP contribution in [-0.2, 0) is 11.6 Å². The Kier molecular flexibility index (Phi) is 3.57. The Morgan fingerprint density at radius 2 is 2.05 bits per heavy atom. The van der Waals surface area contributed by atoms with Crippen molar-refractivity contribution in [3.8, 4) is 0 Å². The second kappa shape index (κ2) is 4.54. The average molecular weight is 312 g/mol. The van der Waals surface area contributed by atoms with E-state index in [-0.39, 0.29) is 22.8 Å². The van der Waals surface area contributed by atoms with Gasteiger partial charge >= 0.3 is 6.18 Å². The van der Waals surface area contributed by atoms with Gasteiger partial charge in [0.1, 0.15) is 0 Å². The molecule has 2 atom stereocenters. The highest BCUT2D eigenvalue weighted by atomic mass is 35.5. The minimum Gasteiger partial charge on any atom is -0.305 e. The first-order valence-electron chi connectivity index (χ1n) is 5.89. The van der Waals surface area contributed by atoms with Gasteiger partial charge in [-0.3, -0.25) is 0 Å². The van der Waals surface area contributed by atoms with Gasteiger partial charge in [0.2, 0.25) is 0 Å². The van der Waals surface area contributed by atoms with Gasteiger partial charge in [-0.15, -0.1) is 12.4 Å². The summed E-state index contributed by atoms with van der Waals surface area (Å²) in [5, 5.41) is -0.216.